The Balaban J connectivity index is 1.30. The third-order valence-electron chi connectivity index (χ3n) is 7.90. The van der Waals surface area contributed by atoms with Gasteiger partial charge in [0.1, 0.15) is 0 Å². The quantitative estimate of drug-likeness (QED) is 0.499. The molecule has 0 aromatic heterocycles. The molecule has 1 N–H and O–H groups in total. The Kier molecular flexibility index (Phi) is 7.79. The third kappa shape index (κ3) is 5.76. The van der Waals surface area contributed by atoms with Gasteiger partial charge in [-0.1, -0.05) is 36.4 Å². The minimum absolute atomic E-state index is 0.0606. The predicted octanol–water partition coefficient (Wildman–Crippen LogP) is 5.14. The summed E-state index contributed by atoms with van der Waals surface area (Å²) in [4.78, 5) is 32.9. The monoisotopic (exact) mass is 510 g/mol. The van der Waals surface area contributed by atoms with Crippen LogP contribution in [0.3, 0.4) is 0 Å². The summed E-state index contributed by atoms with van der Waals surface area (Å²) in [6, 6.07) is 22.1. The van der Waals surface area contributed by atoms with Gasteiger partial charge in [0.2, 0.25) is 0 Å². The summed E-state index contributed by atoms with van der Waals surface area (Å²) in [7, 11) is 2.15. The van der Waals surface area contributed by atoms with E-state index in [1.807, 2.05) is 67.3 Å². The van der Waals surface area contributed by atoms with Crippen LogP contribution in [-0.2, 0) is 0 Å². The number of likely N-dealkylation sites (tertiary alicyclic amines) is 1. The third-order valence-corrected chi connectivity index (χ3v) is 7.90. The van der Waals surface area contributed by atoms with Gasteiger partial charge in [0.15, 0.2) is 0 Å². The maximum absolute atomic E-state index is 13.4. The fraction of sp³-hybridized carbons (Fsp3) is 0.375. The second-order valence-electron chi connectivity index (χ2n) is 10.7. The fourth-order valence-corrected chi connectivity index (χ4v) is 5.40. The van der Waals surface area contributed by atoms with Gasteiger partial charge in [-0.3, -0.25) is 9.59 Å². The van der Waals surface area contributed by atoms with Crippen molar-refractivity contribution in [2.45, 2.75) is 32.7 Å². The minimum Gasteiger partial charge on any atom is -0.369 e. The first-order chi connectivity index (χ1) is 18.4. The van der Waals surface area contributed by atoms with Crippen LogP contribution in [-0.4, -0.2) is 67.9 Å². The zero-order valence-corrected chi connectivity index (χ0v) is 22.7. The number of aryl methyl sites for hydroxylation is 1. The van der Waals surface area contributed by atoms with Crippen molar-refractivity contribution in [3.05, 3.63) is 89.0 Å². The Hall–Kier alpha value is -3.64. The van der Waals surface area contributed by atoms with E-state index in [0.29, 0.717) is 0 Å². The minimum atomic E-state index is -0.163. The molecule has 2 fully saturated rings. The second-order valence-corrected chi connectivity index (χ2v) is 10.7. The van der Waals surface area contributed by atoms with E-state index in [-0.39, 0.29) is 17.9 Å². The second kappa shape index (κ2) is 11.4. The molecule has 198 valence electrons. The first-order valence-electron chi connectivity index (χ1n) is 13.7. The van der Waals surface area contributed by atoms with Gasteiger partial charge in [-0.25, -0.2) is 0 Å². The van der Waals surface area contributed by atoms with Crippen LogP contribution in [0.15, 0.2) is 66.7 Å². The molecule has 2 amide bonds. The van der Waals surface area contributed by atoms with Crippen LogP contribution < -0.4 is 10.2 Å². The van der Waals surface area contributed by atoms with Crippen molar-refractivity contribution in [1.29, 1.82) is 0 Å². The fourth-order valence-electron chi connectivity index (χ4n) is 5.40. The van der Waals surface area contributed by atoms with Crippen molar-refractivity contribution in [3.63, 3.8) is 0 Å². The van der Waals surface area contributed by atoms with Gasteiger partial charge in [-0.05, 0) is 86.3 Å². The first-order valence-corrected chi connectivity index (χ1v) is 13.7. The van der Waals surface area contributed by atoms with Crippen LogP contribution in [0.1, 0.15) is 57.7 Å². The topological polar surface area (TPSA) is 55.9 Å². The van der Waals surface area contributed by atoms with Gasteiger partial charge in [0.25, 0.3) is 11.8 Å². The molecule has 2 aliphatic rings. The van der Waals surface area contributed by atoms with E-state index in [0.717, 1.165) is 91.2 Å². The van der Waals surface area contributed by atoms with Crippen LogP contribution in [0.25, 0.3) is 11.1 Å². The summed E-state index contributed by atoms with van der Waals surface area (Å²) in [5.41, 5.74) is 6.59. The molecule has 3 aromatic rings. The highest BCUT2D eigenvalue weighted by molar-refractivity contribution is 5.97. The molecule has 0 unspecified atom stereocenters. The molecular weight excluding hydrogens is 472 g/mol. The van der Waals surface area contributed by atoms with Gasteiger partial charge >= 0.3 is 0 Å². The largest absolute Gasteiger partial charge is 0.369 e. The SMILES string of the molecule is Cc1ccc(N2CCN(C)CC2)cc1C(=O)N[C@H](C)c1cccc(-c2cccc(C(=O)N3CCCC3)c2)c1. The van der Waals surface area contributed by atoms with E-state index < -0.39 is 0 Å². The average molecular weight is 511 g/mol. The van der Waals surface area contributed by atoms with Crippen molar-refractivity contribution >= 4 is 17.5 Å². The number of carbonyl (C=O) groups excluding carboxylic acids is 2. The molecule has 2 heterocycles. The molecule has 0 bridgehead atoms. The standard InChI is InChI=1S/C32H38N4O2/c1-23-12-13-29(35-18-16-34(3)17-19-35)22-30(23)31(37)33-24(2)25-8-6-9-26(20-25)27-10-7-11-28(21-27)32(38)36-14-4-5-15-36/h6-13,20-22,24H,4-5,14-19H2,1-3H3,(H,33,37)/t24-/m1/s1. The molecule has 5 rings (SSSR count). The van der Waals surface area contributed by atoms with Crippen LogP contribution in [0.4, 0.5) is 5.69 Å². The number of benzene rings is 3. The number of carbonyl (C=O) groups is 2. The molecular formula is C32H38N4O2. The molecule has 2 aliphatic heterocycles. The predicted molar refractivity (Wildman–Crippen MR) is 154 cm³/mol. The van der Waals surface area contributed by atoms with E-state index in [4.69, 9.17) is 0 Å². The summed E-state index contributed by atoms with van der Waals surface area (Å²) in [6.45, 7) is 9.68. The van der Waals surface area contributed by atoms with Gasteiger partial charge in [-0.15, -0.1) is 0 Å². The summed E-state index contributed by atoms with van der Waals surface area (Å²) in [5.74, 6) is 0.0462. The normalized spacial score (nSPS) is 16.9. The van der Waals surface area contributed by atoms with Crippen molar-refractivity contribution < 1.29 is 9.59 Å². The summed E-state index contributed by atoms with van der Waals surface area (Å²) >= 11 is 0. The average Bonchev–Trinajstić information content (AvgIpc) is 3.49. The van der Waals surface area contributed by atoms with Gasteiger partial charge in [0, 0.05) is 56.1 Å². The molecule has 1 atom stereocenters. The molecule has 0 saturated carbocycles. The van der Waals surface area contributed by atoms with Gasteiger partial charge in [-0.2, -0.15) is 0 Å². The number of rotatable bonds is 6. The Labute approximate surface area is 226 Å². The highest BCUT2D eigenvalue weighted by Crippen LogP contribution is 2.26. The lowest BCUT2D eigenvalue weighted by Crippen LogP contribution is -2.44. The highest BCUT2D eigenvalue weighted by Gasteiger charge is 2.21. The van der Waals surface area contributed by atoms with Crippen LogP contribution >= 0.6 is 0 Å². The van der Waals surface area contributed by atoms with E-state index >= 15 is 0 Å². The number of nitrogens with zero attached hydrogens (tertiary/aromatic N) is 3. The lowest BCUT2D eigenvalue weighted by molar-refractivity contribution is 0.0792. The molecule has 38 heavy (non-hydrogen) atoms. The summed E-state index contributed by atoms with van der Waals surface area (Å²) < 4.78 is 0. The van der Waals surface area contributed by atoms with Crippen molar-refractivity contribution in [2.75, 3.05) is 51.2 Å². The number of anilines is 1. The number of piperazine rings is 1. The summed E-state index contributed by atoms with van der Waals surface area (Å²) in [6.07, 6.45) is 2.16. The number of hydrogen-bond donors (Lipinski definition) is 1. The smallest absolute Gasteiger partial charge is 0.253 e. The zero-order chi connectivity index (χ0) is 26.6. The Morgan fingerprint density at radius 3 is 2.24 bits per heavy atom. The Morgan fingerprint density at radius 2 is 1.50 bits per heavy atom. The van der Waals surface area contributed by atoms with Gasteiger partial charge in [0.05, 0.1) is 6.04 Å². The van der Waals surface area contributed by atoms with Gasteiger partial charge < -0.3 is 20.0 Å². The van der Waals surface area contributed by atoms with Crippen LogP contribution in [0.2, 0.25) is 0 Å². The van der Waals surface area contributed by atoms with Crippen molar-refractivity contribution in [2.24, 2.45) is 0 Å². The molecule has 0 radical (unpaired) electrons. The number of amides is 2. The number of nitrogens with one attached hydrogen (secondary N) is 1. The molecule has 0 aliphatic carbocycles. The zero-order valence-electron chi connectivity index (χ0n) is 22.7. The maximum Gasteiger partial charge on any atom is 0.253 e. The number of hydrogen-bond acceptors (Lipinski definition) is 4. The lowest BCUT2D eigenvalue weighted by atomic mass is 9.98. The Morgan fingerprint density at radius 1 is 0.816 bits per heavy atom. The maximum atomic E-state index is 13.4. The molecule has 2 saturated heterocycles. The van der Waals surface area contributed by atoms with E-state index in [1.54, 1.807) is 0 Å². The lowest BCUT2D eigenvalue weighted by Gasteiger charge is -2.34. The van der Waals surface area contributed by atoms with Crippen LogP contribution in [0, 0.1) is 6.92 Å². The Bertz CT molecular complexity index is 1310. The molecule has 6 nitrogen and oxygen atoms in total. The molecule has 6 heteroatoms. The van der Waals surface area contributed by atoms with E-state index in [1.165, 1.54) is 0 Å². The van der Waals surface area contributed by atoms with Crippen molar-refractivity contribution in [3.8, 4) is 11.1 Å². The first kappa shape index (κ1) is 26.0. The number of likely N-dealkylation sites (N-methyl/N-ethyl adjacent to an activating group) is 1. The highest BCUT2D eigenvalue weighted by atomic mass is 16.2. The van der Waals surface area contributed by atoms with Crippen molar-refractivity contribution in [1.82, 2.24) is 15.1 Å². The van der Waals surface area contributed by atoms with E-state index in [9.17, 15) is 9.59 Å². The molecule has 3 aromatic carbocycles. The van der Waals surface area contributed by atoms with E-state index in [2.05, 4.69) is 40.4 Å². The molecule has 0 spiro atoms. The summed E-state index contributed by atoms with van der Waals surface area (Å²) in [5, 5.41) is 3.21. The van der Waals surface area contributed by atoms with Crippen LogP contribution in [0.5, 0.6) is 0 Å².